The lowest BCUT2D eigenvalue weighted by molar-refractivity contribution is 0.158. The fourth-order valence-electron chi connectivity index (χ4n) is 1.29. The molecule has 13 heavy (non-hydrogen) atoms. The van der Waals surface area contributed by atoms with Crippen LogP contribution >= 0.6 is 0 Å². The molecule has 0 radical (unpaired) electrons. The van der Waals surface area contributed by atoms with E-state index in [-0.39, 0.29) is 6.04 Å². The van der Waals surface area contributed by atoms with Crippen LogP contribution in [0.5, 0.6) is 0 Å². The molecule has 0 aromatic rings. The van der Waals surface area contributed by atoms with Gasteiger partial charge in [-0.05, 0) is 13.5 Å². The number of likely N-dealkylation sites (N-methyl/N-ethyl adjacent to an activating group) is 1. The average Bonchev–Trinajstić information content (AvgIpc) is 2.02. The summed E-state index contributed by atoms with van der Waals surface area (Å²) in [5.74, 6) is 0. The van der Waals surface area contributed by atoms with Crippen molar-refractivity contribution in [2.24, 2.45) is 5.73 Å². The molecule has 0 amide bonds. The molecule has 3 heteroatoms. The highest BCUT2D eigenvalue weighted by Crippen LogP contribution is 1.96. The van der Waals surface area contributed by atoms with E-state index in [1.54, 1.807) is 7.11 Å². The van der Waals surface area contributed by atoms with Gasteiger partial charge in [0.15, 0.2) is 0 Å². The van der Waals surface area contributed by atoms with E-state index in [1.165, 1.54) is 5.57 Å². The van der Waals surface area contributed by atoms with Crippen molar-refractivity contribution >= 4 is 0 Å². The van der Waals surface area contributed by atoms with E-state index < -0.39 is 0 Å². The maximum atomic E-state index is 5.84. The third-order valence-corrected chi connectivity index (χ3v) is 1.81. The van der Waals surface area contributed by atoms with Crippen LogP contribution in [0.15, 0.2) is 12.2 Å². The Hall–Kier alpha value is -0.380. The van der Waals surface area contributed by atoms with Crippen molar-refractivity contribution in [3.05, 3.63) is 12.2 Å². The Morgan fingerprint density at radius 1 is 1.62 bits per heavy atom. The lowest BCUT2D eigenvalue weighted by Crippen LogP contribution is -2.40. The third-order valence-electron chi connectivity index (χ3n) is 1.81. The molecule has 0 aliphatic carbocycles. The first-order valence-electron chi connectivity index (χ1n) is 4.71. The van der Waals surface area contributed by atoms with Crippen molar-refractivity contribution in [2.45, 2.75) is 19.9 Å². The van der Waals surface area contributed by atoms with E-state index in [1.807, 2.05) is 6.92 Å². The van der Waals surface area contributed by atoms with Crippen LogP contribution in [-0.2, 0) is 4.74 Å². The lowest BCUT2D eigenvalue weighted by Gasteiger charge is -2.23. The summed E-state index contributed by atoms with van der Waals surface area (Å²) in [4.78, 5) is 2.27. The number of rotatable bonds is 7. The standard InChI is InChI=1S/C10H22N2O/c1-5-12(6-9(2)3)7-10(11)8-13-4/h10H,2,5-8,11H2,1,3-4H3. The molecule has 0 bridgehead atoms. The highest BCUT2D eigenvalue weighted by atomic mass is 16.5. The van der Waals surface area contributed by atoms with Crippen molar-refractivity contribution in [1.82, 2.24) is 4.90 Å². The minimum absolute atomic E-state index is 0.101. The van der Waals surface area contributed by atoms with Crippen LogP contribution in [0.25, 0.3) is 0 Å². The molecular formula is C10H22N2O. The van der Waals surface area contributed by atoms with Gasteiger partial charge in [0.25, 0.3) is 0 Å². The van der Waals surface area contributed by atoms with Gasteiger partial charge >= 0.3 is 0 Å². The zero-order valence-corrected chi connectivity index (χ0v) is 9.05. The summed E-state index contributed by atoms with van der Waals surface area (Å²) >= 11 is 0. The molecule has 0 spiro atoms. The van der Waals surface area contributed by atoms with E-state index >= 15 is 0 Å². The predicted molar refractivity (Wildman–Crippen MR) is 56.8 cm³/mol. The third kappa shape index (κ3) is 6.75. The maximum Gasteiger partial charge on any atom is 0.0626 e. The zero-order valence-electron chi connectivity index (χ0n) is 9.05. The fourth-order valence-corrected chi connectivity index (χ4v) is 1.29. The van der Waals surface area contributed by atoms with Crippen LogP contribution in [0.1, 0.15) is 13.8 Å². The number of hydrogen-bond acceptors (Lipinski definition) is 3. The molecule has 1 atom stereocenters. The normalized spacial score (nSPS) is 13.3. The van der Waals surface area contributed by atoms with Gasteiger partial charge in [0.2, 0.25) is 0 Å². The first-order chi connectivity index (χ1) is 6.10. The summed E-state index contributed by atoms with van der Waals surface area (Å²) in [7, 11) is 1.68. The van der Waals surface area contributed by atoms with Gasteiger partial charge < -0.3 is 10.5 Å². The summed E-state index contributed by atoms with van der Waals surface area (Å²) in [6, 6.07) is 0.101. The number of hydrogen-bond donors (Lipinski definition) is 1. The Balaban J connectivity index is 3.75. The fraction of sp³-hybridized carbons (Fsp3) is 0.800. The maximum absolute atomic E-state index is 5.84. The van der Waals surface area contributed by atoms with Gasteiger partial charge in [-0.1, -0.05) is 19.1 Å². The molecule has 0 saturated heterocycles. The van der Waals surface area contributed by atoms with Crippen LogP contribution in [0.2, 0.25) is 0 Å². The zero-order chi connectivity index (χ0) is 10.3. The molecule has 0 aromatic carbocycles. The monoisotopic (exact) mass is 186 g/mol. The number of nitrogens with two attached hydrogens (primary N) is 1. The molecule has 0 heterocycles. The van der Waals surface area contributed by atoms with Crippen LogP contribution in [0, 0.1) is 0 Å². The van der Waals surface area contributed by atoms with Crippen LogP contribution in [0.3, 0.4) is 0 Å². The van der Waals surface area contributed by atoms with E-state index in [0.717, 1.165) is 19.6 Å². The highest BCUT2D eigenvalue weighted by molar-refractivity contribution is 4.92. The topological polar surface area (TPSA) is 38.5 Å². The van der Waals surface area contributed by atoms with Crippen molar-refractivity contribution in [3.63, 3.8) is 0 Å². The second-order valence-electron chi connectivity index (χ2n) is 3.50. The SMILES string of the molecule is C=C(C)CN(CC)CC(N)COC. The molecule has 0 saturated carbocycles. The highest BCUT2D eigenvalue weighted by Gasteiger charge is 2.08. The molecule has 3 nitrogen and oxygen atoms in total. The minimum Gasteiger partial charge on any atom is -0.383 e. The second-order valence-corrected chi connectivity index (χ2v) is 3.50. The predicted octanol–water partition coefficient (Wildman–Crippen LogP) is 0.858. The Labute approximate surface area is 81.5 Å². The quantitative estimate of drug-likeness (QED) is 0.599. The number of methoxy groups -OCH3 is 1. The van der Waals surface area contributed by atoms with Crippen LogP contribution < -0.4 is 5.73 Å². The molecule has 0 fully saturated rings. The first-order valence-corrected chi connectivity index (χ1v) is 4.71. The second kappa shape index (κ2) is 7.06. The molecule has 0 aliphatic rings. The molecule has 0 aromatic heterocycles. The van der Waals surface area contributed by atoms with Gasteiger partial charge in [0, 0.05) is 26.2 Å². The molecular weight excluding hydrogens is 164 g/mol. The van der Waals surface area contributed by atoms with E-state index in [2.05, 4.69) is 18.4 Å². The van der Waals surface area contributed by atoms with Gasteiger partial charge in [0.05, 0.1) is 6.61 Å². The van der Waals surface area contributed by atoms with E-state index in [0.29, 0.717) is 6.61 Å². The molecule has 0 aliphatic heterocycles. The van der Waals surface area contributed by atoms with Gasteiger partial charge in [-0.15, -0.1) is 0 Å². The Kier molecular flexibility index (Phi) is 6.86. The summed E-state index contributed by atoms with van der Waals surface area (Å²) < 4.78 is 4.98. The molecule has 78 valence electrons. The molecule has 0 rings (SSSR count). The lowest BCUT2D eigenvalue weighted by atomic mass is 10.2. The smallest absolute Gasteiger partial charge is 0.0626 e. The van der Waals surface area contributed by atoms with Crippen molar-refractivity contribution in [1.29, 1.82) is 0 Å². The number of ether oxygens (including phenoxy) is 1. The first kappa shape index (κ1) is 12.6. The summed E-state index contributed by atoms with van der Waals surface area (Å²) in [6.45, 7) is 11.5. The Morgan fingerprint density at radius 2 is 2.23 bits per heavy atom. The van der Waals surface area contributed by atoms with Crippen molar-refractivity contribution < 1.29 is 4.74 Å². The van der Waals surface area contributed by atoms with Gasteiger partial charge in [-0.25, -0.2) is 0 Å². The largest absolute Gasteiger partial charge is 0.383 e. The summed E-state index contributed by atoms with van der Waals surface area (Å²) in [5.41, 5.74) is 7.01. The van der Waals surface area contributed by atoms with E-state index in [9.17, 15) is 0 Å². The Bertz CT molecular complexity index is 148. The van der Waals surface area contributed by atoms with Crippen molar-refractivity contribution in [2.75, 3.05) is 33.4 Å². The van der Waals surface area contributed by atoms with Crippen molar-refractivity contribution in [3.8, 4) is 0 Å². The Morgan fingerprint density at radius 3 is 2.62 bits per heavy atom. The van der Waals surface area contributed by atoms with Gasteiger partial charge in [-0.3, -0.25) is 4.90 Å². The molecule has 1 unspecified atom stereocenters. The van der Waals surface area contributed by atoms with Crippen LogP contribution in [-0.4, -0.2) is 44.3 Å². The molecule has 2 N–H and O–H groups in total. The van der Waals surface area contributed by atoms with Gasteiger partial charge in [-0.2, -0.15) is 0 Å². The minimum atomic E-state index is 0.101. The van der Waals surface area contributed by atoms with Gasteiger partial charge in [0.1, 0.15) is 0 Å². The van der Waals surface area contributed by atoms with E-state index in [4.69, 9.17) is 10.5 Å². The summed E-state index contributed by atoms with van der Waals surface area (Å²) in [6.07, 6.45) is 0. The van der Waals surface area contributed by atoms with Crippen LogP contribution in [0.4, 0.5) is 0 Å². The average molecular weight is 186 g/mol. The number of nitrogens with zero attached hydrogens (tertiary/aromatic N) is 1. The summed E-state index contributed by atoms with van der Waals surface area (Å²) in [5, 5.41) is 0.